The molecule has 1 amide bonds. The van der Waals surface area contributed by atoms with Crippen molar-refractivity contribution in [2.24, 2.45) is 10.7 Å². The molecule has 0 saturated carbocycles. The molecule has 0 spiro atoms. The molecule has 2 rings (SSSR count). The minimum atomic E-state index is -0.246. The second kappa shape index (κ2) is 8.77. The number of aliphatic imine (C=N–C) groups is 1. The summed E-state index contributed by atoms with van der Waals surface area (Å²) in [6, 6.07) is 8.36. The van der Waals surface area contributed by atoms with Gasteiger partial charge in [0, 0.05) is 18.8 Å². The fourth-order valence-electron chi connectivity index (χ4n) is 2.43. The highest BCUT2D eigenvalue weighted by molar-refractivity contribution is 8.18. The maximum absolute atomic E-state index is 11.6. The first kappa shape index (κ1) is 17.6. The molecular weight excluding hydrogens is 306 g/mol. The third kappa shape index (κ3) is 5.13. The Morgan fingerprint density at radius 3 is 2.22 bits per heavy atom. The van der Waals surface area contributed by atoms with Gasteiger partial charge in [0.15, 0.2) is 5.17 Å². The van der Waals surface area contributed by atoms with E-state index in [2.05, 4.69) is 48.0 Å². The summed E-state index contributed by atoms with van der Waals surface area (Å²) in [5, 5.41) is 0.322. The molecule has 0 aromatic heterocycles. The number of nitrogens with zero attached hydrogens (tertiary/aromatic N) is 2. The largest absolute Gasteiger partial charge is 0.378 e. The van der Waals surface area contributed by atoms with Crippen molar-refractivity contribution < 1.29 is 4.79 Å². The van der Waals surface area contributed by atoms with Crippen LogP contribution in [0.1, 0.15) is 45.1 Å². The molecule has 1 heterocycles. The first-order valence-electron chi connectivity index (χ1n) is 8.27. The summed E-state index contributed by atoms with van der Waals surface area (Å²) < 4.78 is 0. The smallest absolute Gasteiger partial charge is 0.286 e. The topological polar surface area (TPSA) is 58.7 Å². The van der Waals surface area contributed by atoms with Gasteiger partial charge in [-0.15, -0.1) is 0 Å². The third-order valence-corrected chi connectivity index (χ3v) is 4.57. The Hall–Kier alpha value is -1.75. The standard InChI is InChI=1S/C18H25N3OS/c1-3-5-11-21(12-6-4-2)15-9-7-14(8-10-15)13-16-17(22)20-18(19)23-16/h7-10,13H,3-6,11-12H2,1-2H3,(H2,19,20,22). The van der Waals surface area contributed by atoms with Crippen molar-refractivity contribution >= 4 is 34.6 Å². The van der Waals surface area contributed by atoms with Crippen LogP contribution in [0.15, 0.2) is 34.2 Å². The van der Waals surface area contributed by atoms with Gasteiger partial charge in [-0.05, 0) is 48.4 Å². The van der Waals surface area contributed by atoms with Gasteiger partial charge in [0.1, 0.15) is 0 Å². The molecule has 1 aromatic carbocycles. The van der Waals surface area contributed by atoms with Crippen LogP contribution in [0.2, 0.25) is 0 Å². The molecular formula is C18H25N3OS. The lowest BCUT2D eigenvalue weighted by Gasteiger charge is -2.24. The first-order chi connectivity index (χ1) is 11.1. The lowest BCUT2D eigenvalue weighted by atomic mass is 10.1. The number of benzene rings is 1. The second-order valence-corrected chi connectivity index (χ2v) is 6.71. The lowest BCUT2D eigenvalue weighted by molar-refractivity contribution is -0.113. The van der Waals surface area contributed by atoms with Crippen LogP contribution in [0, 0.1) is 0 Å². The molecule has 0 unspecified atom stereocenters. The van der Waals surface area contributed by atoms with Crippen molar-refractivity contribution in [2.75, 3.05) is 18.0 Å². The van der Waals surface area contributed by atoms with Crippen LogP contribution >= 0.6 is 11.8 Å². The Morgan fingerprint density at radius 1 is 1.13 bits per heavy atom. The van der Waals surface area contributed by atoms with Gasteiger partial charge in [-0.2, -0.15) is 4.99 Å². The van der Waals surface area contributed by atoms with Crippen molar-refractivity contribution in [1.29, 1.82) is 0 Å². The van der Waals surface area contributed by atoms with Crippen LogP contribution in [-0.4, -0.2) is 24.2 Å². The Kier molecular flexibility index (Phi) is 6.71. The van der Waals surface area contributed by atoms with Gasteiger partial charge in [0.25, 0.3) is 5.91 Å². The number of rotatable bonds is 8. The number of amidine groups is 1. The quantitative estimate of drug-likeness (QED) is 0.731. The molecule has 0 saturated heterocycles. The van der Waals surface area contributed by atoms with E-state index in [0.717, 1.165) is 18.7 Å². The van der Waals surface area contributed by atoms with E-state index in [4.69, 9.17) is 5.73 Å². The minimum Gasteiger partial charge on any atom is -0.378 e. The Labute approximate surface area is 142 Å². The minimum absolute atomic E-state index is 0.246. The summed E-state index contributed by atoms with van der Waals surface area (Å²) in [6.07, 6.45) is 6.66. The highest BCUT2D eigenvalue weighted by atomic mass is 32.2. The highest BCUT2D eigenvalue weighted by Crippen LogP contribution is 2.27. The fourth-order valence-corrected chi connectivity index (χ4v) is 3.11. The predicted molar refractivity (Wildman–Crippen MR) is 101 cm³/mol. The third-order valence-electron chi connectivity index (χ3n) is 3.76. The second-order valence-electron chi connectivity index (χ2n) is 5.65. The van der Waals surface area contributed by atoms with Gasteiger partial charge in [-0.3, -0.25) is 4.79 Å². The van der Waals surface area contributed by atoms with Crippen molar-refractivity contribution in [1.82, 2.24) is 0 Å². The highest BCUT2D eigenvalue weighted by Gasteiger charge is 2.19. The van der Waals surface area contributed by atoms with Crippen molar-refractivity contribution in [3.05, 3.63) is 34.7 Å². The zero-order valence-corrected chi connectivity index (χ0v) is 14.7. The van der Waals surface area contributed by atoms with Crippen molar-refractivity contribution in [3.8, 4) is 0 Å². The van der Waals surface area contributed by atoms with Crippen LogP contribution in [0.5, 0.6) is 0 Å². The Balaban J connectivity index is 2.07. The normalized spacial score (nSPS) is 16.0. The SMILES string of the molecule is CCCCN(CCCC)c1ccc(C=C2SC(N)=NC2=O)cc1. The predicted octanol–water partition coefficient (Wildman–Crippen LogP) is 4.02. The number of nitrogens with two attached hydrogens (primary N) is 1. The van der Waals surface area contributed by atoms with Crippen LogP contribution in [0.4, 0.5) is 5.69 Å². The van der Waals surface area contributed by atoms with Gasteiger partial charge in [-0.25, -0.2) is 0 Å². The maximum Gasteiger partial charge on any atom is 0.286 e. The van der Waals surface area contributed by atoms with E-state index in [-0.39, 0.29) is 5.91 Å². The number of hydrogen-bond acceptors (Lipinski definition) is 4. The molecule has 2 N–H and O–H groups in total. The number of carbonyl (C=O) groups is 1. The molecule has 0 atom stereocenters. The van der Waals surface area contributed by atoms with E-state index in [1.54, 1.807) is 0 Å². The maximum atomic E-state index is 11.6. The molecule has 0 bridgehead atoms. The summed E-state index contributed by atoms with van der Waals surface area (Å²) in [6.45, 7) is 6.62. The zero-order valence-electron chi connectivity index (χ0n) is 13.9. The molecule has 1 aliphatic heterocycles. The van der Waals surface area contributed by atoms with Crippen LogP contribution in [0.3, 0.4) is 0 Å². The van der Waals surface area contributed by atoms with E-state index in [1.165, 1.54) is 43.1 Å². The molecule has 1 aromatic rings. The summed E-state index contributed by atoms with van der Waals surface area (Å²) in [7, 11) is 0. The van der Waals surface area contributed by atoms with E-state index >= 15 is 0 Å². The van der Waals surface area contributed by atoms with Gasteiger partial charge in [0.2, 0.25) is 0 Å². The fraction of sp³-hybridized carbons (Fsp3) is 0.444. The average molecular weight is 331 g/mol. The summed E-state index contributed by atoms with van der Waals surface area (Å²) in [5.74, 6) is -0.246. The van der Waals surface area contributed by atoms with Crippen molar-refractivity contribution in [3.63, 3.8) is 0 Å². The number of anilines is 1. The van der Waals surface area contributed by atoms with E-state index in [0.29, 0.717) is 10.1 Å². The Bertz CT molecular complexity index is 585. The molecule has 124 valence electrons. The van der Waals surface area contributed by atoms with Gasteiger partial charge >= 0.3 is 0 Å². The lowest BCUT2D eigenvalue weighted by Crippen LogP contribution is -2.25. The molecule has 0 fully saturated rings. The monoisotopic (exact) mass is 331 g/mol. The van der Waals surface area contributed by atoms with Gasteiger partial charge < -0.3 is 10.6 Å². The van der Waals surface area contributed by atoms with E-state index in [9.17, 15) is 4.79 Å². The number of amides is 1. The first-order valence-corrected chi connectivity index (χ1v) is 9.08. The molecule has 23 heavy (non-hydrogen) atoms. The number of hydrogen-bond donors (Lipinski definition) is 1. The number of thioether (sulfide) groups is 1. The van der Waals surface area contributed by atoms with E-state index in [1.807, 2.05) is 6.08 Å². The van der Waals surface area contributed by atoms with Gasteiger partial charge in [0.05, 0.1) is 4.91 Å². The van der Waals surface area contributed by atoms with Crippen LogP contribution < -0.4 is 10.6 Å². The molecule has 0 radical (unpaired) electrons. The number of unbranched alkanes of at least 4 members (excludes halogenated alkanes) is 2. The van der Waals surface area contributed by atoms with Crippen LogP contribution in [0.25, 0.3) is 6.08 Å². The summed E-state index contributed by atoms with van der Waals surface area (Å²) in [4.78, 5) is 18.4. The van der Waals surface area contributed by atoms with Crippen LogP contribution in [-0.2, 0) is 4.79 Å². The summed E-state index contributed by atoms with van der Waals surface area (Å²) >= 11 is 1.23. The zero-order chi connectivity index (χ0) is 16.7. The van der Waals surface area contributed by atoms with Gasteiger partial charge in [-0.1, -0.05) is 38.8 Å². The molecule has 4 nitrogen and oxygen atoms in total. The summed E-state index contributed by atoms with van der Waals surface area (Å²) in [5.41, 5.74) is 7.82. The molecule has 1 aliphatic rings. The molecule has 5 heteroatoms. The molecule has 0 aliphatic carbocycles. The van der Waals surface area contributed by atoms with Crippen molar-refractivity contribution in [2.45, 2.75) is 39.5 Å². The Morgan fingerprint density at radius 2 is 1.74 bits per heavy atom. The number of carbonyl (C=O) groups excluding carboxylic acids is 1. The van der Waals surface area contributed by atoms with E-state index < -0.39 is 0 Å². The average Bonchev–Trinajstić information content (AvgIpc) is 2.86.